The Bertz CT molecular complexity index is 842. The number of benzene rings is 2. The van der Waals surface area contributed by atoms with Crippen molar-refractivity contribution in [2.45, 2.75) is 38.5 Å². The molecule has 146 valence electrons. The lowest BCUT2D eigenvalue weighted by Crippen LogP contribution is -2.35. The van der Waals surface area contributed by atoms with E-state index < -0.39 is 10.0 Å². The van der Waals surface area contributed by atoms with Crippen molar-refractivity contribution >= 4 is 15.9 Å². The number of sulfonamides is 1. The SMILES string of the molecule is Cc1ccc(S(=O)(=O)NCCNC(=O)Cc2ccc(CC(C)C)cc2)cc1. The maximum absolute atomic E-state index is 12.2. The Morgan fingerprint density at radius 3 is 2.11 bits per heavy atom. The van der Waals surface area contributed by atoms with Gasteiger partial charge in [0.25, 0.3) is 0 Å². The molecule has 0 radical (unpaired) electrons. The summed E-state index contributed by atoms with van der Waals surface area (Å²) in [7, 11) is -3.55. The number of amides is 1. The largest absolute Gasteiger partial charge is 0.355 e. The fourth-order valence-corrected chi connectivity index (χ4v) is 3.73. The number of carbonyl (C=O) groups excluding carboxylic acids is 1. The van der Waals surface area contributed by atoms with Crippen LogP contribution in [0, 0.1) is 12.8 Å². The van der Waals surface area contributed by atoms with E-state index in [0.717, 1.165) is 17.5 Å². The van der Waals surface area contributed by atoms with Crippen LogP contribution < -0.4 is 10.0 Å². The molecule has 2 N–H and O–H groups in total. The minimum absolute atomic E-state index is 0.124. The van der Waals surface area contributed by atoms with Crippen molar-refractivity contribution in [1.29, 1.82) is 0 Å². The van der Waals surface area contributed by atoms with Gasteiger partial charge in [-0.25, -0.2) is 13.1 Å². The van der Waals surface area contributed by atoms with Gasteiger partial charge in [0.15, 0.2) is 0 Å². The molecular formula is C21H28N2O3S. The molecule has 2 aromatic carbocycles. The van der Waals surface area contributed by atoms with Crippen LogP contribution in [0.4, 0.5) is 0 Å². The third kappa shape index (κ3) is 7.15. The monoisotopic (exact) mass is 388 g/mol. The number of aryl methyl sites for hydroxylation is 1. The Labute approximate surface area is 162 Å². The Hall–Kier alpha value is -2.18. The molecule has 2 rings (SSSR count). The third-order valence-electron chi connectivity index (χ3n) is 4.10. The highest BCUT2D eigenvalue weighted by Crippen LogP contribution is 2.11. The first kappa shape index (κ1) is 21.1. The Morgan fingerprint density at radius 1 is 0.926 bits per heavy atom. The van der Waals surface area contributed by atoms with E-state index >= 15 is 0 Å². The van der Waals surface area contributed by atoms with Gasteiger partial charge in [-0.2, -0.15) is 0 Å². The molecule has 0 heterocycles. The van der Waals surface area contributed by atoms with Crippen LogP contribution in [0.3, 0.4) is 0 Å². The molecule has 1 amide bonds. The fraction of sp³-hybridized carbons (Fsp3) is 0.381. The van der Waals surface area contributed by atoms with Crippen LogP contribution in [0.5, 0.6) is 0 Å². The van der Waals surface area contributed by atoms with Gasteiger partial charge in [0.05, 0.1) is 11.3 Å². The molecule has 2 aromatic rings. The summed E-state index contributed by atoms with van der Waals surface area (Å²) >= 11 is 0. The summed E-state index contributed by atoms with van der Waals surface area (Å²) in [5.41, 5.74) is 3.21. The fourth-order valence-electron chi connectivity index (χ4n) is 2.70. The molecule has 0 bridgehead atoms. The van der Waals surface area contributed by atoms with E-state index in [1.165, 1.54) is 5.56 Å². The van der Waals surface area contributed by atoms with Gasteiger partial charge in [-0.05, 0) is 42.5 Å². The van der Waals surface area contributed by atoms with Gasteiger partial charge in [-0.1, -0.05) is 55.8 Å². The second-order valence-electron chi connectivity index (χ2n) is 7.15. The second kappa shape index (κ2) is 9.67. The van der Waals surface area contributed by atoms with Crippen LogP contribution in [0.15, 0.2) is 53.4 Å². The van der Waals surface area contributed by atoms with Gasteiger partial charge in [0.1, 0.15) is 0 Å². The predicted octanol–water partition coefficient (Wildman–Crippen LogP) is 2.83. The molecule has 0 unspecified atom stereocenters. The lowest BCUT2D eigenvalue weighted by Gasteiger charge is -2.09. The van der Waals surface area contributed by atoms with Crippen LogP contribution in [0.1, 0.15) is 30.5 Å². The van der Waals surface area contributed by atoms with E-state index in [9.17, 15) is 13.2 Å². The van der Waals surface area contributed by atoms with Gasteiger partial charge in [-0.3, -0.25) is 4.79 Å². The first-order valence-corrected chi connectivity index (χ1v) is 10.7. The topological polar surface area (TPSA) is 75.3 Å². The minimum atomic E-state index is -3.55. The van der Waals surface area contributed by atoms with E-state index in [2.05, 4.69) is 36.0 Å². The summed E-state index contributed by atoms with van der Waals surface area (Å²) < 4.78 is 26.8. The highest BCUT2D eigenvalue weighted by molar-refractivity contribution is 7.89. The number of rotatable bonds is 9. The van der Waals surface area contributed by atoms with E-state index in [4.69, 9.17) is 0 Å². The molecule has 0 aliphatic carbocycles. The van der Waals surface area contributed by atoms with Crippen LogP contribution in [0.2, 0.25) is 0 Å². The molecule has 0 spiro atoms. The molecule has 0 saturated heterocycles. The summed E-state index contributed by atoms with van der Waals surface area (Å²) in [4.78, 5) is 12.2. The summed E-state index contributed by atoms with van der Waals surface area (Å²) in [6.07, 6.45) is 1.31. The van der Waals surface area contributed by atoms with Crippen molar-refractivity contribution in [2.24, 2.45) is 5.92 Å². The molecule has 0 atom stereocenters. The van der Waals surface area contributed by atoms with Crippen molar-refractivity contribution in [2.75, 3.05) is 13.1 Å². The maximum Gasteiger partial charge on any atom is 0.240 e. The Morgan fingerprint density at radius 2 is 1.52 bits per heavy atom. The van der Waals surface area contributed by atoms with Gasteiger partial charge in [-0.15, -0.1) is 0 Å². The Balaban J connectivity index is 1.75. The van der Waals surface area contributed by atoms with Crippen molar-refractivity contribution in [3.05, 3.63) is 65.2 Å². The standard InChI is InChI=1S/C21H28N2O3S/c1-16(2)14-18-6-8-19(9-7-18)15-21(24)22-12-13-23-27(25,26)20-10-4-17(3)5-11-20/h4-11,16,23H,12-15H2,1-3H3,(H,22,24). The van der Waals surface area contributed by atoms with Crippen molar-refractivity contribution in [3.63, 3.8) is 0 Å². The predicted molar refractivity (Wildman–Crippen MR) is 108 cm³/mol. The zero-order valence-electron chi connectivity index (χ0n) is 16.2. The van der Waals surface area contributed by atoms with E-state index in [0.29, 0.717) is 5.92 Å². The molecular weight excluding hydrogens is 360 g/mol. The van der Waals surface area contributed by atoms with Gasteiger partial charge in [0.2, 0.25) is 15.9 Å². The maximum atomic E-state index is 12.2. The summed E-state index contributed by atoms with van der Waals surface area (Å²) in [6, 6.07) is 14.7. The minimum Gasteiger partial charge on any atom is -0.355 e. The number of hydrogen-bond acceptors (Lipinski definition) is 3. The first-order chi connectivity index (χ1) is 12.8. The highest BCUT2D eigenvalue weighted by Gasteiger charge is 2.13. The zero-order valence-corrected chi connectivity index (χ0v) is 17.0. The quantitative estimate of drug-likeness (QED) is 0.649. The molecule has 0 aliphatic rings. The first-order valence-electron chi connectivity index (χ1n) is 9.17. The number of hydrogen-bond donors (Lipinski definition) is 2. The van der Waals surface area contributed by atoms with E-state index in [1.807, 2.05) is 19.1 Å². The third-order valence-corrected chi connectivity index (χ3v) is 5.58. The molecule has 0 aliphatic heterocycles. The molecule has 0 aromatic heterocycles. The van der Waals surface area contributed by atoms with Crippen molar-refractivity contribution < 1.29 is 13.2 Å². The van der Waals surface area contributed by atoms with Crippen LogP contribution in [-0.4, -0.2) is 27.4 Å². The van der Waals surface area contributed by atoms with Gasteiger partial charge < -0.3 is 5.32 Å². The average Bonchev–Trinajstić information content (AvgIpc) is 2.60. The number of nitrogens with one attached hydrogen (secondary N) is 2. The molecule has 0 fully saturated rings. The Kier molecular flexibility index (Phi) is 7.56. The summed E-state index contributed by atoms with van der Waals surface area (Å²) in [5, 5.41) is 2.75. The van der Waals surface area contributed by atoms with Crippen molar-refractivity contribution in [1.82, 2.24) is 10.0 Å². The second-order valence-corrected chi connectivity index (χ2v) is 8.92. The average molecular weight is 389 g/mol. The van der Waals surface area contributed by atoms with Gasteiger partial charge >= 0.3 is 0 Å². The zero-order chi connectivity index (χ0) is 19.9. The smallest absolute Gasteiger partial charge is 0.240 e. The van der Waals surface area contributed by atoms with Crippen molar-refractivity contribution in [3.8, 4) is 0 Å². The molecule has 6 heteroatoms. The number of carbonyl (C=O) groups is 1. The van der Waals surface area contributed by atoms with E-state index in [1.54, 1.807) is 24.3 Å². The molecule has 5 nitrogen and oxygen atoms in total. The highest BCUT2D eigenvalue weighted by atomic mass is 32.2. The summed E-state index contributed by atoms with van der Waals surface area (Å²) in [6.45, 7) is 6.64. The molecule has 27 heavy (non-hydrogen) atoms. The van der Waals surface area contributed by atoms with Crippen LogP contribution in [0.25, 0.3) is 0 Å². The summed E-state index contributed by atoms with van der Waals surface area (Å²) in [5.74, 6) is 0.476. The van der Waals surface area contributed by atoms with E-state index in [-0.39, 0.29) is 30.3 Å². The lowest BCUT2D eigenvalue weighted by molar-refractivity contribution is -0.120. The van der Waals surface area contributed by atoms with Crippen LogP contribution in [-0.2, 0) is 27.7 Å². The van der Waals surface area contributed by atoms with Gasteiger partial charge in [0, 0.05) is 13.1 Å². The lowest BCUT2D eigenvalue weighted by atomic mass is 10.0. The molecule has 0 saturated carbocycles. The van der Waals surface area contributed by atoms with Crippen LogP contribution >= 0.6 is 0 Å². The normalized spacial score (nSPS) is 11.6.